The smallest absolute Gasteiger partial charge is 0.356 e. The molecule has 0 bridgehead atoms. The second kappa shape index (κ2) is 9.91. The van der Waals surface area contributed by atoms with E-state index in [1.807, 2.05) is 9.47 Å². The van der Waals surface area contributed by atoms with Gasteiger partial charge in [0.15, 0.2) is 0 Å². The maximum atomic E-state index is 13.8. The zero-order valence-electron chi connectivity index (χ0n) is 19.6. The number of nitrogens with one attached hydrogen (secondary N) is 1. The van der Waals surface area contributed by atoms with Crippen LogP contribution in [0.5, 0.6) is 0 Å². The number of fused-ring (bicyclic) bond motifs is 1. The van der Waals surface area contributed by atoms with Crippen molar-refractivity contribution in [1.29, 1.82) is 0 Å². The Kier molecular flexibility index (Phi) is 6.84. The van der Waals surface area contributed by atoms with E-state index in [9.17, 15) is 26.7 Å². The maximum Gasteiger partial charge on any atom is 0.394 e. The van der Waals surface area contributed by atoms with Gasteiger partial charge in [0.05, 0.1) is 18.0 Å². The third-order valence-corrected chi connectivity index (χ3v) is 7.21. The van der Waals surface area contributed by atoms with Gasteiger partial charge in [-0.2, -0.15) is 13.2 Å². The highest BCUT2D eigenvalue weighted by molar-refractivity contribution is 5.94. The van der Waals surface area contributed by atoms with Crippen molar-refractivity contribution in [3.63, 3.8) is 0 Å². The van der Waals surface area contributed by atoms with Gasteiger partial charge in [0.2, 0.25) is 12.3 Å². The number of imidazole rings is 1. The highest BCUT2D eigenvalue weighted by Crippen LogP contribution is 2.41. The number of amides is 1. The quantitative estimate of drug-likeness (QED) is 0.571. The first-order chi connectivity index (χ1) is 17.2. The summed E-state index contributed by atoms with van der Waals surface area (Å²) >= 11 is 0. The Bertz CT molecular complexity index is 1090. The summed E-state index contributed by atoms with van der Waals surface area (Å²) < 4.78 is 68.5. The van der Waals surface area contributed by atoms with E-state index >= 15 is 0 Å². The van der Waals surface area contributed by atoms with Gasteiger partial charge in [-0.05, 0) is 32.4 Å². The summed E-state index contributed by atoms with van der Waals surface area (Å²) in [6.45, 7) is 4.30. The van der Waals surface area contributed by atoms with Gasteiger partial charge in [-0.1, -0.05) is 0 Å². The Morgan fingerprint density at radius 3 is 2.47 bits per heavy atom. The number of anilines is 2. The van der Waals surface area contributed by atoms with Crippen molar-refractivity contribution in [2.24, 2.45) is 0 Å². The summed E-state index contributed by atoms with van der Waals surface area (Å²) in [7, 11) is 0. The van der Waals surface area contributed by atoms with Gasteiger partial charge in [-0.15, -0.1) is 0 Å². The molecule has 0 aliphatic carbocycles. The SMILES string of the molecule is O=C1C[C@@H](C(F)F)c2c(ncnc2N2CCC(c3nc(CC(F)(F)F)cn3CCN3CCC3)CC2)N1. The van der Waals surface area contributed by atoms with Crippen molar-refractivity contribution in [1.82, 2.24) is 24.4 Å². The molecule has 3 aliphatic rings. The van der Waals surface area contributed by atoms with E-state index < -0.39 is 30.8 Å². The Balaban J connectivity index is 1.33. The Labute approximate surface area is 204 Å². The molecule has 5 rings (SSSR count). The standard InChI is InChI=1S/C23H28F5N7O/c24-19(25)16-10-17(36)32-20-18(16)22(30-13-29-20)34-6-2-14(3-7-34)21-31-15(11-23(26,27)28)12-35(21)9-8-33-4-1-5-33/h12-14,16,19H,1-11H2,(H,29,30,32,36)/t16-/m1/s1. The number of carbonyl (C=O) groups is 1. The van der Waals surface area contributed by atoms with E-state index in [0.29, 0.717) is 44.1 Å². The second-order valence-corrected chi connectivity index (χ2v) is 9.69. The normalized spacial score (nSPS) is 21.4. The molecule has 1 atom stereocenters. The number of hydrogen-bond donors (Lipinski definition) is 1. The lowest BCUT2D eigenvalue weighted by molar-refractivity contribution is -0.127. The monoisotopic (exact) mass is 513 g/mol. The fourth-order valence-electron chi connectivity index (χ4n) is 5.26. The van der Waals surface area contributed by atoms with Gasteiger partial charge < -0.3 is 19.7 Å². The third kappa shape index (κ3) is 5.30. The minimum Gasteiger partial charge on any atom is -0.356 e. The summed E-state index contributed by atoms with van der Waals surface area (Å²) in [6, 6.07) is 0. The topological polar surface area (TPSA) is 79.2 Å². The van der Waals surface area contributed by atoms with Crippen LogP contribution in [-0.4, -0.2) is 75.7 Å². The Hall–Kier alpha value is -2.83. The van der Waals surface area contributed by atoms with Crippen molar-refractivity contribution in [3.8, 4) is 0 Å². The molecule has 0 spiro atoms. The largest absolute Gasteiger partial charge is 0.394 e. The number of rotatable bonds is 7. The van der Waals surface area contributed by atoms with E-state index in [1.54, 1.807) is 0 Å². The molecule has 0 saturated carbocycles. The summed E-state index contributed by atoms with van der Waals surface area (Å²) in [4.78, 5) is 28.7. The van der Waals surface area contributed by atoms with Gasteiger partial charge in [0.1, 0.15) is 23.8 Å². The van der Waals surface area contributed by atoms with Gasteiger partial charge in [0, 0.05) is 50.3 Å². The number of hydrogen-bond acceptors (Lipinski definition) is 6. The fourth-order valence-corrected chi connectivity index (χ4v) is 5.26. The second-order valence-electron chi connectivity index (χ2n) is 9.69. The van der Waals surface area contributed by atoms with E-state index in [-0.39, 0.29) is 29.4 Å². The molecule has 3 aliphatic heterocycles. The number of likely N-dealkylation sites (tertiary alicyclic amines) is 1. The first-order valence-corrected chi connectivity index (χ1v) is 12.2. The lowest BCUT2D eigenvalue weighted by Gasteiger charge is -2.36. The number of halogens is 5. The van der Waals surface area contributed by atoms with Crippen LogP contribution in [0.2, 0.25) is 0 Å². The summed E-state index contributed by atoms with van der Waals surface area (Å²) in [5.74, 6) is -0.701. The highest BCUT2D eigenvalue weighted by atomic mass is 19.4. The molecule has 2 aromatic rings. The first-order valence-electron chi connectivity index (χ1n) is 12.2. The van der Waals surface area contributed by atoms with Crippen LogP contribution < -0.4 is 10.2 Å². The number of piperidine rings is 1. The average molecular weight is 514 g/mol. The zero-order chi connectivity index (χ0) is 25.4. The van der Waals surface area contributed by atoms with Crippen molar-refractivity contribution in [2.45, 2.75) is 63.1 Å². The molecule has 1 N–H and O–H groups in total. The molecule has 13 heteroatoms. The fraction of sp³-hybridized carbons (Fsp3) is 0.652. The number of aromatic nitrogens is 4. The van der Waals surface area contributed by atoms with Crippen LogP contribution in [-0.2, 0) is 17.8 Å². The van der Waals surface area contributed by atoms with Gasteiger partial charge >= 0.3 is 6.18 Å². The molecule has 0 aromatic carbocycles. The van der Waals surface area contributed by atoms with Crippen LogP contribution in [0.4, 0.5) is 33.6 Å². The predicted molar refractivity (Wildman–Crippen MR) is 121 cm³/mol. The average Bonchev–Trinajstić information content (AvgIpc) is 3.17. The maximum absolute atomic E-state index is 13.8. The number of nitrogens with zero attached hydrogens (tertiary/aromatic N) is 6. The number of alkyl halides is 5. The van der Waals surface area contributed by atoms with E-state index in [2.05, 4.69) is 25.2 Å². The molecule has 0 radical (unpaired) electrons. The first kappa shape index (κ1) is 24.8. The summed E-state index contributed by atoms with van der Waals surface area (Å²) in [5.41, 5.74) is 0.262. The molecule has 2 fully saturated rings. The number of carbonyl (C=O) groups excluding carboxylic acids is 1. The lowest BCUT2D eigenvalue weighted by atomic mass is 9.91. The van der Waals surface area contributed by atoms with Gasteiger partial charge in [-0.3, -0.25) is 4.79 Å². The van der Waals surface area contributed by atoms with Crippen LogP contribution in [0.15, 0.2) is 12.5 Å². The molecular weight excluding hydrogens is 485 g/mol. The molecule has 2 aromatic heterocycles. The van der Waals surface area contributed by atoms with E-state index in [1.165, 1.54) is 12.5 Å². The van der Waals surface area contributed by atoms with Crippen LogP contribution >= 0.6 is 0 Å². The lowest BCUT2D eigenvalue weighted by Crippen LogP contribution is -2.39. The predicted octanol–water partition coefficient (Wildman–Crippen LogP) is 3.56. The Morgan fingerprint density at radius 2 is 1.83 bits per heavy atom. The molecule has 0 unspecified atom stereocenters. The highest BCUT2D eigenvalue weighted by Gasteiger charge is 2.38. The Morgan fingerprint density at radius 1 is 1.08 bits per heavy atom. The molecule has 5 heterocycles. The molecule has 196 valence electrons. The molecule has 36 heavy (non-hydrogen) atoms. The van der Waals surface area contributed by atoms with Crippen LogP contribution in [0, 0.1) is 0 Å². The van der Waals surface area contributed by atoms with Crippen molar-refractivity contribution >= 4 is 17.5 Å². The van der Waals surface area contributed by atoms with E-state index in [4.69, 9.17) is 0 Å². The molecule has 2 saturated heterocycles. The van der Waals surface area contributed by atoms with Gasteiger partial charge in [-0.25, -0.2) is 23.7 Å². The van der Waals surface area contributed by atoms with E-state index in [0.717, 1.165) is 26.1 Å². The third-order valence-electron chi connectivity index (χ3n) is 7.21. The molecule has 8 nitrogen and oxygen atoms in total. The molecule has 1 amide bonds. The minimum absolute atomic E-state index is 0.0175. The summed E-state index contributed by atoms with van der Waals surface area (Å²) in [5, 5.41) is 2.56. The van der Waals surface area contributed by atoms with Crippen LogP contribution in [0.3, 0.4) is 0 Å². The zero-order valence-corrected chi connectivity index (χ0v) is 19.6. The van der Waals surface area contributed by atoms with Crippen LogP contribution in [0.25, 0.3) is 0 Å². The summed E-state index contributed by atoms with van der Waals surface area (Å²) in [6.07, 6.45) is -3.37. The molecular formula is C23H28F5N7O. The van der Waals surface area contributed by atoms with Crippen molar-refractivity contribution < 1.29 is 26.7 Å². The van der Waals surface area contributed by atoms with Gasteiger partial charge in [0.25, 0.3) is 0 Å². The van der Waals surface area contributed by atoms with Crippen LogP contribution in [0.1, 0.15) is 54.6 Å². The van der Waals surface area contributed by atoms with Crippen molar-refractivity contribution in [3.05, 3.63) is 29.6 Å². The minimum atomic E-state index is -4.33. The van der Waals surface area contributed by atoms with Crippen molar-refractivity contribution in [2.75, 3.05) is 42.9 Å².